The first-order chi connectivity index (χ1) is 7.35. The monoisotopic (exact) mass is 215 g/mol. The zero-order chi connectivity index (χ0) is 10.7. The minimum Gasteiger partial charge on any atom is -0.381 e. The molecule has 1 saturated heterocycles. The van der Waals surface area contributed by atoms with Gasteiger partial charge in [-0.25, -0.2) is 0 Å². The highest BCUT2D eigenvalue weighted by molar-refractivity contribution is 4.96. The number of likely N-dealkylation sites (N-methyl/N-ethyl adjacent to an activating group) is 1. The molecule has 0 aromatic rings. The fourth-order valence-electron chi connectivity index (χ4n) is 2.37. The molecular weight excluding hydrogens is 194 g/mol. The first-order valence-electron chi connectivity index (χ1n) is 5.78. The van der Waals surface area contributed by atoms with Gasteiger partial charge in [-0.3, -0.25) is 0 Å². The van der Waals surface area contributed by atoms with Crippen LogP contribution in [0.1, 0.15) is 19.3 Å². The Labute approximate surface area is 91.3 Å². The van der Waals surface area contributed by atoms with Gasteiger partial charge in [0.05, 0.1) is 18.3 Å². The molecule has 0 amide bonds. The van der Waals surface area contributed by atoms with Gasteiger partial charge in [0.1, 0.15) is 0 Å². The molecule has 15 heavy (non-hydrogen) atoms. The van der Waals surface area contributed by atoms with Crippen LogP contribution in [0.5, 0.6) is 0 Å². The highest BCUT2D eigenvalue weighted by Gasteiger charge is 2.42. The standard InChI is InChI=1S/C11H21NO3/c1-12-9-7-10(11(9)13-2)15-8-3-5-14-6-4-8/h8-12H,3-7H2,1-2H3. The molecular formula is C11H21NO3. The molecule has 1 heterocycles. The van der Waals surface area contributed by atoms with Crippen LogP contribution in [-0.2, 0) is 14.2 Å². The summed E-state index contributed by atoms with van der Waals surface area (Å²) >= 11 is 0. The number of methoxy groups -OCH3 is 1. The maximum Gasteiger partial charge on any atom is 0.0986 e. The molecule has 2 rings (SSSR count). The summed E-state index contributed by atoms with van der Waals surface area (Å²) in [7, 11) is 3.73. The topological polar surface area (TPSA) is 39.7 Å². The number of ether oxygens (including phenoxy) is 3. The molecule has 4 nitrogen and oxygen atoms in total. The largest absolute Gasteiger partial charge is 0.381 e. The lowest BCUT2D eigenvalue weighted by Gasteiger charge is -2.44. The molecule has 0 aromatic heterocycles. The number of hydrogen-bond acceptors (Lipinski definition) is 4. The van der Waals surface area contributed by atoms with Gasteiger partial charge in [0.2, 0.25) is 0 Å². The van der Waals surface area contributed by atoms with E-state index < -0.39 is 0 Å². The van der Waals surface area contributed by atoms with E-state index in [4.69, 9.17) is 14.2 Å². The van der Waals surface area contributed by atoms with E-state index in [2.05, 4.69) is 5.32 Å². The summed E-state index contributed by atoms with van der Waals surface area (Å²) in [6, 6.07) is 0.458. The average Bonchev–Trinajstić information content (AvgIpc) is 2.25. The summed E-state index contributed by atoms with van der Waals surface area (Å²) in [6.45, 7) is 1.68. The highest BCUT2D eigenvalue weighted by Crippen LogP contribution is 2.29. The Morgan fingerprint density at radius 3 is 2.60 bits per heavy atom. The summed E-state index contributed by atoms with van der Waals surface area (Å²) in [5, 5.41) is 3.24. The molecule has 1 aliphatic carbocycles. The van der Waals surface area contributed by atoms with Crippen LogP contribution < -0.4 is 5.32 Å². The maximum absolute atomic E-state index is 6.02. The Hall–Kier alpha value is -0.160. The van der Waals surface area contributed by atoms with Crippen molar-refractivity contribution >= 4 is 0 Å². The Bertz CT molecular complexity index is 194. The summed E-state index contributed by atoms with van der Waals surface area (Å²) in [6.07, 6.45) is 3.98. The van der Waals surface area contributed by atoms with E-state index in [-0.39, 0.29) is 12.2 Å². The van der Waals surface area contributed by atoms with Gasteiger partial charge in [-0.15, -0.1) is 0 Å². The molecule has 88 valence electrons. The second-order valence-corrected chi connectivity index (χ2v) is 4.32. The lowest BCUT2D eigenvalue weighted by Crippen LogP contribution is -2.59. The van der Waals surface area contributed by atoms with Crippen molar-refractivity contribution in [3.63, 3.8) is 0 Å². The third-order valence-corrected chi connectivity index (χ3v) is 3.43. The van der Waals surface area contributed by atoms with E-state index in [1.165, 1.54) is 0 Å². The molecule has 1 N–H and O–H groups in total. The predicted molar refractivity (Wildman–Crippen MR) is 57.0 cm³/mol. The minimum absolute atomic E-state index is 0.220. The van der Waals surface area contributed by atoms with Crippen LogP contribution in [0.4, 0.5) is 0 Å². The quantitative estimate of drug-likeness (QED) is 0.743. The molecule has 0 aromatic carbocycles. The Kier molecular flexibility index (Phi) is 3.97. The highest BCUT2D eigenvalue weighted by atomic mass is 16.6. The summed E-state index contributed by atoms with van der Waals surface area (Å²) in [4.78, 5) is 0. The van der Waals surface area contributed by atoms with Gasteiger partial charge in [-0.2, -0.15) is 0 Å². The first-order valence-corrected chi connectivity index (χ1v) is 5.78. The molecule has 2 fully saturated rings. The van der Waals surface area contributed by atoms with Gasteiger partial charge in [0, 0.05) is 26.4 Å². The van der Waals surface area contributed by atoms with Crippen LogP contribution >= 0.6 is 0 Å². The maximum atomic E-state index is 6.02. The minimum atomic E-state index is 0.220. The fraction of sp³-hybridized carbons (Fsp3) is 1.00. The lowest BCUT2D eigenvalue weighted by atomic mass is 9.85. The molecule has 0 bridgehead atoms. The number of hydrogen-bond donors (Lipinski definition) is 1. The molecule has 1 aliphatic heterocycles. The van der Waals surface area contributed by atoms with Crippen LogP contribution in [-0.4, -0.2) is 51.7 Å². The van der Waals surface area contributed by atoms with Crippen LogP contribution in [0.2, 0.25) is 0 Å². The van der Waals surface area contributed by atoms with Gasteiger partial charge in [-0.1, -0.05) is 0 Å². The van der Waals surface area contributed by atoms with Crippen LogP contribution in [0, 0.1) is 0 Å². The number of nitrogens with one attached hydrogen (secondary N) is 1. The van der Waals surface area contributed by atoms with E-state index >= 15 is 0 Å². The second kappa shape index (κ2) is 5.25. The van der Waals surface area contributed by atoms with Gasteiger partial charge < -0.3 is 19.5 Å². The molecule has 0 spiro atoms. The molecule has 3 atom stereocenters. The summed E-state index contributed by atoms with van der Waals surface area (Å²) in [5.41, 5.74) is 0. The zero-order valence-corrected chi connectivity index (χ0v) is 9.57. The van der Waals surface area contributed by atoms with Crippen molar-refractivity contribution in [2.24, 2.45) is 0 Å². The van der Waals surface area contributed by atoms with E-state index in [1.807, 2.05) is 7.05 Å². The van der Waals surface area contributed by atoms with Crippen molar-refractivity contribution in [2.75, 3.05) is 27.4 Å². The predicted octanol–water partition coefficient (Wildman–Crippen LogP) is 0.557. The van der Waals surface area contributed by atoms with Crippen LogP contribution in [0.15, 0.2) is 0 Å². The van der Waals surface area contributed by atoms with Gasteiger partial charge >= 0.3 is 0 Å². The Balaban J connectivity index is 1.75. The third-order valence-electron chi connectivity index (χ3n) is 3.43. The Morgan fingerprint density at radius 1 is 1.27 bits per heavy atom. The van der Waals surface area contributed by atoms with Crippen molar-refractivity contribution in [3.8, 4) is 0 Å². The van der Waals surface area contributed by atoms with Crippen LogP contribution in [0.25, 0.3) is 0 Å². The number of rotatable bonds is 4. The van der Waals surface area contributed by atoms with Gasteiger partial charge in [0.25, 0.3) is 0 Å². The zero-order valence-electron chi connectivity index (χ0n) is 9.57. The first kappa shape index (κ1) is 11.3. The van der Waals surface area contributed by atoms with E-state index in [9.17, 15) is 0 Å². The summed E-state index contributed by atoms with van der Waals surface area (Å²) in [5.74, 6) is 0. The normalized spacial score (nSPS) is 37.6. The van der Waals surface area contributed by atoms with Crippen molar-refractivity contribution in [1.82, 2.24) is 5.32 Å². The molecule has 1 saturated carbocycles. The van der Waals surface area contributed by atoms with E-state index in [0.717, 1.165) is 32.5 Å². The van der Waals surface area contributed by atoms with Crippen molar-refractivity contribution in [3.05, 3.63) is 0 Å². The second-order valence-electron chi connectivity index (χ2n) is 4.32. The van der Waals surface area contributed by atoms with Crippen molar-refractivity contribution in [2.45, 2.75) is 43.6 Å². The smallest absolute Gasteiger partial charge is 0.0986 e. The fourth-order valence-corrected chi connectivity index (χ4v) is 2.37. The molecule has 2 aliphatic rings. The van der Waals surface area contributed by atoms with E-state index in [0.29, 0.717) is 12.1 Å². The van der Waals surface area contributed by atoms with Gasteiger partial charge in [-0.05, 0) is 26.3 Å². The molecule has 0 radical (unpaired) electrons. The third kappa shape index (κ3) is 2.50. The lowest BCUT2D eigenvalue weighted by molar-refractivity contribution is -0.170. The van der Waals surface area contributed by atoms with Crippen molar-refractivity contribution in [1.29, 1.82) is 0 Å². The van der Waals surface area contributed by atoms with Crippen LogP contribution in [0.3, 0.4) is 0 Å². The SMILES string of the molecule is CNC1CC(OC2CCOCC2)C1OC. The van der Waals surface area contributed by atoms with E-state index in [1.54, 1.807) is 7.11 Å². The summed E-state index contributed by atoms with van der Waals surface area (Å²) < 4.78 is 16.7. The molecule has 3 unspecified atom stereocenters. The average molecular weight is 215 g/mol. The Morgan fingerprint density at radius 2 is 2.00 bits per heavy atom. The molecule has 4 heteroatoms. The van der Waals surface area contributed by atoms with Gasteiger partial charge in [0.15, 0.2) is 0 Å². The van der Waals surface area contributed by atoms with Crippen molar-refractivity contribution < 1.29 is 14.2 Å².